The van der Waals surface area contributed by atoms with Crippen LogP contribution in [0.3, 0.4) is 0 Å². The molecule has 1 atom stereocenters. The Bertz CT molecular complexity index is 537. The standard InChI is InChI=1S/C16H18N2S/c1-12(10-17)11-18-13-6-2-4-8-15(13)19-16-9-5-3-7-14(16)18/h2-9,12H,10-11,17H2,1H3/t12-/m1/s1. The van der Waals surface area contributed by atoms with Crippen molar-refractivity contribution in [2.45, 2.75) is 16.7 Å². The van der Waals surface area contributed by atoms with Gasteiger partial charge in [0.05, 0.1) is 11.4 Å². The van der Waals surface area contributed by atoms with Gasteiger partial charge in [0.1, 0.15) is 0 Å². The summed E-state index contributed by atoms with van der Waals surface area (Å²) in [7, 11) is 0. The highest BCUT2D eigenvalue weighted by molar-refractivity contribution is 7.99. The minimum Gasteiger partial charge on any atom is -0.339 e. The Hall–Kier alpha value is -1.45. The summed E-state index contributed by atoms with van der Waals surface area (Å²) in [6, 6.07) is 17.2. The lowest BCUT2D eigenvalue weighted by Crippen LogP contribution is -2.29. The maximum atomic E-state index is 5.80. The second kappa shape index (κ2) is 5.27. The van der Waals surface area contributed by atoms with Crippen LogP contribution < -0.4 is 10.6 Å². The highest BCUT2D eigenvalue weighted by Crippen LogP contribution is 2.47. The zero-order valence-corrected chi connectivity index (χ0v) is 11.9. The van der Waals surface area contributed by atoms with Crippen molar-refractivity contribution in [2.24, 2.45) is 11.7 Å². The van der Waals surface area contributed by atoms with Gasteiger partial charge in [-0.05, 0) is 36.7 Å². The van der Waals surface area contributed by atoms with E-state index >= 15 is 0 Å². The molecule has 2 N–H and O–H groups in total. The first kappa shape index (κ1) is 12.6. The van der Waals surface area contributed by atoms with Gasteiger partial charge in [-0.15, -0.1) is 0 Å². The Balaban J connectivity index is 2.06. The molecule has 0 spiro atoms. The Morgan fingerprint density at radius 1 is 1.00 bits per heavy atom. The molecule has 2 aromatic carbocycles. The summed E-state index contributed by atoms with van der Waals surface area (Å²) in [5.41, 5.74) is 8.39. The fourth-order valence-corrected chi connectivity index (χ4v) is 3.46. The molecule has 3 heteroatoms. The normalized spacial score (nSPS) is 14.7. The van der Waals surface area contributed by atoms with Gasteiger partial charge in [0.25, 0.3) is 0 Å². The first-order valence-electron chi connectivity index (χ1n) is 6.63. The lowest BCUT2D eigenvalue weighted by atomic mass is 10.1. The Morgan fingerprint density at radius 3 is 2.05 bits per heavy atom. The molecule has 98 valence electrons. The van der Waals surface area contributed by atoms with Gasteiger partial charge in [0.2, 0.25) is 0 Å². The predicted molar refractivity (Wildman–Crippen MR) is 82.2 cm³/mol. The van der Waals surface area contributed by atoms with Crippen LogP contribution in [0.2, 0.25) is 0 Å². The van der Waals surface area contributed by atoms with E-state index in [1.165, 1.54) is 21.2 Å². The average molecular weight is 270 g/mol. The topological polar surface area (TPSA) is 29.3 Å². The molecule has 0 fully saturated rings. The van der Waals surface area contributed by atoms with Crippen molar-refractivity contribution >= 4 is 23.1 Å². The molecule has 0 aliphatic carbocycles. The van der Waals surface area contributed by atoms with Gasteiger partial charge in [0, 0.05) is 16.3 Å². The molecule has 3 rings (SSSR count). The largest absolute Gasteiger partial charge is 0.339 e. The SMILES string of the molecule is C[C@H](CN)CN1c2ccccc2Sc2ccccc21. The third-order valence-electron chi connectivity index (χ3n) is 3.43. The number of rotatable bonds is 3. The molecule has 1 heterocycles. The minimum absolute atomic E-state index is 0.476. The average Bonchev–Trinajstić information content (AvgIpc) is 2.46. The van der Waals surface area contributed by atoms with Crippen molar-refractivity contribution in [3.05, 3.63) is 48.5 Å². The van der Waals surface area contributed by atoms with Crippen LogP contribution in [0.25, 0.3) is 0 Å². The van der Waals surface area contributed by atoms with E-state index < -0.39 is 0 Å². The highest BCUT2D eigenvalue weighted by atomic mass is 32.2. The zero-order chi connectivity index (χ0) is 13.2. The number of anilines is 2. The molecule has 0 amide bonds. The lowest BCUT2D eigenvalue weighted by Gasteiger charge is -2.34. The quantitative estimate of drug-likeness (QED) is 0.917. The van der Waals surface area contributed by atoms with Crippen molar-refractivity contribution in [1.82, 2.24) is 0 Å². The van der Waals surface area contributed by atoms with Crippen molar-refractivity contribution in [3.63, 3.8) is 0 Å². The number of nitrogens with two attached hydrogens (primary N) is 1. The van der Waals surface area contributed by atoms with Crippen LogP contribution in [0.15, 0.2) is 58.3 Å². The lowest BCUT2D eigenvalue weighted by molar-refractivity contribution is 0.597. The summed E-state index contributed by atoms with van der Waals surface area (Å²) in [6.07, 6.45) is 0. The van der Waals surface area contributed by atoms with Crippen molar-refractivity contribution in [1.29, 1.82) is 0 Å². The highest BCUT2D eigenvalue weighted by Gasteiger charge is 2.23. The molecule has 0 saturated carbocycles. The Labute approximate surface area is 118 Å². The third-order valence-corrected chi connectivity index (χ3v) is 4.56. The maximum Gasteiger partial charge on any atom is 0.0552 e. The molecule has 0 saturated heterocycles. The van der Waals surface area contributed by atoms with Crippen LogP contribution in [0.5, 0.6) is 0 Å². The molecule has 1 aliphatic rings. The molecule has 19 heavy (non-hydrogen) atoms. The molecular formula is C16H18N2S. The maximum absolute atomic E-state index is 5.80. The van der Waals surface area contributed by atoms with Crippen LogP contribution in [0.4, 0.5) is 11.4 Å². The van der Waals surface area contributed by atoms with Gasteiger partial charge in [-0.1, -0.05) is 43.0 Å². The summed E-state index contributed by atoms with van der Waals surface area (Å²) >= 11 is 1.85. The van der Waals surface area contributed by atoms with E-state index in [0.29, 0.717) is 12.5 Å². The Kier molecular flexibility index (Phi) is 3.49. The molecule has 0 aromatic heterocycles. The summed E-state index contributed by atoms with van der Waals surface area (Å²) in [4.78, 5) is 5.05. The van der Waals surface area contributed by atoms with Gasteiger partial charge < -0.3 is 10.6 Å². The molecule has 2 nitrogen and oxygen atoms in total. The minimum atomic E-state index is 0.476. The molecule has 0 bridgehead atoms. The van der Waals surface area contributed by atoms with Gasteiger partial charge in [-0.25, -0.2) is 0 Å². The van der Waals surface area contributed by atoms with E-state index in [4.69, 9.17) is 5.73 Å². The molecular weight excluding hydrogens is 252 g/mol. The second-order valence-electron chi connectivity index (χ2n) is 4.99. The van der Waals surface area contributed by atoms with E-state index in [1.807, 2.05) is 11.8 Å². The van der Waals surface area contributed by atoms with E-state index in [2.05, 4.69) is 60.4 Å². The smallest absolute Gasteiger partial charge is 0.0552 e. The van der Waals surface area contributed by atoms with Crippen LogP contribution in [0.1, 0.15) is 6.92 Å². The fourth-order valence-electron chi connectivity index (χ4n) is 2.36. The van der Waals surface area contributed by atoms with Crippen LogP contribution in [-0.4, -0.2) is 13.1 Å². The summed E-state index contributed by atoms with van der Waals surface area (Å²) in [5.74, 6) is 0.476. The molecule has 1 aliphatic heterocycles. The number of fused-ring (bicyclic) bond motifs is 2. The van der Waals surface area contributed by atoms with E-state index in [9.17, 15) is 0 Å². The van der Waals surface area contributed by atoms with E-state index in [-0.39, 0.29) is 0 Å². The van der Waals surface area contributed by atoms with Crippen LogP contribution in [-0.2, 0) is 0 Å². The fraction of sp³-hybridized carbons (Fsp3) is 0.250. The predicted octanol–water partition coefficient (Wildman–Crippen LogP) is 3.88. The van der Waals surface area contributed by atoms with Crippen LogP contribution >= 0.6 is 11.8 Å². The van der Waals surface area contributed by atoms with Gasteiger partial charge in [-0.2, -0.15) is 0 Å². The molecule has 0 radical (unpaired) electrons. The van der Waals surface area contributed by atoms with Gasteiger partial charge in [0.15, 0.2) is 0 Å². The van der Waals surface area contributed by atoms with Crippen molar-refractivity contribution in [2.75, 3.05) is 18.0 Å². The summed E-state index contributed by atoms with van der Waals surface area (Å²) in [6.45, 7) is 3.88. The van der Waals surface area contributed by atoms with Gasteiger partial charge >= 0.3 is 0 Å². The zero-order valence-electron chi connectivity index (χ0n) is 11.0. The number of nitrogens with zero attached hydrogens (tertiary/aromatic N) is 1. The van der Waals surface area contributed by atoms with Crippen molar-refractivity contribution in [3.8, 4) is 0 Å². The third kappa shape index (κ3) is 2.36. The number of hydrogen-bond acceptors (Lipinski definition) is 3. The van der Waals surface area contributed by atoms with E-state index in [1.54, 1.807) is 0 Å². The number of hydrogen-bond donors (Lipinski definition) is 1. The number of benzene rings is 2. The van der Waals surface area contributed by atoms with E-state index in [0.717, 1.165) is 6.54 Å². The van der Waals surface area contributed by atoms with Gasteiger partial charge in [-0.3, -0.25) is 0 Å². The monoisotopic (exact) mass is 270 g/mol. The first-order valence-corrected chi connectivity index (χ1v) is 7.44. The summed E-state index contributed by atoms with van der Waals surface area (Å²) in [5, 5.41) is 0. The number of para-hydroxylation sites is 2. The molecule has 0 unspecified atom stereocenters. The molecule has 2 aromatic rings. The second-order valence-corrected chi connectivity index (χ2v) is 6.07. The summed E-state index contributed by atoms with van der Waals surface area (Å²) < 4.78 is 0. The first-order chi connectivity index (χ1) is 9.29. The Morgan fingerprint density at radius 2 is 1.53 bits per heavy atom. The van der Waals surface area contributed by atoms with Crippen LogP contribution in [0, 0.1) is 5.92 Å². The van der Waals surface area contributed by atoms with Crippen molar-refractivity contribution < 1.29 is 0 Å².